The molecule has 0 saturated carbocycles. The monoisotopic (exact) mass is 265 g/mol. The third-order valence-electron chi connectivity index (χ3n) is 1.78. The first-order chi connectivity index (χ1) is 7.00. The maximum absolute atomic E-state index is 10.7. The first-order valence-electron chi connectivity index (χ1n) is 4.40. The quantitative estimate of drug-likeness (QED) is 0.891. The van der Waals surface area contributed by atoms with Crippen LogP contribution in [0.4, 0.5) is 0 Å². The molecule has 7 heteroatoms. The lowest BCUT2D eigenvalue weighted by Crippen LogP contribution is -2.17. The molecule has 1 rings (SSSR count). The molecule has 0 radical (unpaired) electrons. The van der Waals surface area contributed by atoms with E-state index in [1.807, 2.05) is 19.0 Å². The number of rotatable bonds is 4. The van der Waals surface area contributed by atoms with E-state index in [1.54, 1.807) is 0 Å². The highest BCUT2D eigenvalue weighted by Crippen LogP contribution is 2.12. The number of nitrogens with zero attached hydrogens (tertiary/aromatic N) is 3. The van der Waals surface area contributed by atoms with Crippen molar-refractivity contribution in [1.82, 2.24) is 14.9 Å². The Morgan fingerprint density at radius 1 is 1.56 bits per heavy atom. The molecule has 1 N–H and O–H groups in total. The second-order valence-corrected chi connectivity index (χ2v) is 3.75. The van der Waals surface area contributed by atoms with Crippen LogP contribution in [0.25, 0.3) is 0 Å². The van der Waals surface area contributed by atoms with Gasteiger partial charge in [-0.3, -0.25) is 0 Å². The van der Waals surface area contributed by atoms with Gasteiger partial charge in [-0.25, -0.2) is 14.8 Å². The van der Waals surface area contributed by atoms with Crippen LogP contribution < -0.4 is 0 Å². The number of aromatic nitrogens is 2. The van der Waals surface area contributed by atoms with Crippen LogP contribution in [-0.4, -0.2) is 46.6 Å². The second kappa shape index (κ2) is 6.62. The van der Waals surface area contributed by atoms with Gasteiger partial charge in [0, 0.05) is 13.0 Å². The summed E-state index contributed by atoms with van der Waals surface area (Å²) in [6.45, 7) is 0.765. The number of hydrogen-bond donors (Lipinski definition) is 1. The fraction of sp³-hybridized carbons (Fsp3) is 0.444. The molecule has 0 unspecified atom stereocenters. The van der Waals surface area contributed by atoms with Crippen LogP contribution in [-0.2, 0) is 6.42 Å². The van der Waals surface area contributed by atoms with Crippen molar-refractivity contribution < 1.29 is 9.90 Å². The van der Waals surface area contributed by atoms with Gasteiger partial charge in [0.25, 0.3) is 0 Å². The van der Waals surface area contributed by atoms with E-state index in [-0.39, 0.29) is 23.1 Å². The first-order valence-corrected chi connectivity index (χ1v) is 4.78. The molecule has 0 fully saturated rings. The predicted molar refractivity (Wildman–Crippen MR) is 63.5 cm³/mol. The number of halogens is 2. The molecule has 0 aliphatic rings. The Bertz CT molecular complexity index is 372. The zero-order chi connectivity index (χ0) is 11.4. The van der Waals surface area contributed by atoms with Crippen molar-refractivity contribution in [2.24, 2.45) is 0 Å². The minimum absolute atomic E-state index is 0. The number of likely N-dealkylation sites (N-methyl/N-ethyl adjacent to an activating group) is 1. The number of carboxylic acids is 1. The number of carboxylic acid groups (broad SMARTS) is 1. The van der Waals surface area contributed by atoms with E-state index in [0.29, 0.717) is 12.2 Å². The summed E-state index contributed by atoms with van der Waals surface area (Å²) in [6.07, 6.45) is 1.92. The Labute approximate surface area is 105 Å². The van der Waals surface area contributed by atoms with Gasteiger partial charge in [-0.1, -0.05) is 11.6 Å². The Morgan fingerprint density at radius 2 is 2.19 bits per heavy atom. The first kappa shape index (κ1) is 15.1. The minimum Gasteiger partial charge on any atom is -0.476 e. The van der Waals surface area contributed by atoms with E-state index >= 15 is 0 Å². The van der Waals surface area contributed by atoms with Crippen LogP contribution >= 0.6 is 24.0 Å². The summed E-state index contributed by atoms with van der Waals surface area (Å²) in [6, 6.07) is 0. The van der Waals surface area contributed by atoms with E-state index in [0.717, 1.165) is 6.54 Å². The Balaban J connectivity index is 0.00000225. The van der Waals surface area contributed by atoms with Crippen molar-refractivity contribution in [3.8, 4) is 0 Å². The van der Waals surface area contributed by atoms with E-state index < -0.39 is 5.97 Å². The maximum atomic E-state index is 10.7. The van der Waals surface area contributed by atoms with Gasteiger partial charge >= 0.3 is 5.97 Å². The van der Waals surface area contributed by atoms with Crippen molar-refractivity contribution in [3.05, 3.63) is 22.7 Å². The van der Waals surface area contributed by atoms with Gasteiger partial charge in [0.1, 0.15) is 5.82 Å². The smallest absolute Gasteiger partial charge is 0.356 e. The maximum Gasteiger partial charge on any atom is 0.356 e. The van der Waals surface area contributed by atoms with Crippen LogP contribution in [0.3, 0.4) is 0 Å². The average molecular weight is 266 g/mol. The van der Waals surface area contributed by atoms with Gasteiger partial charge in [0.05, 0.1) is 11.2 Å². The standard InChI is InChI=1S/C9H12ClN3O2.ClH/c1-13(2)4-3-7-11-5-6(10)8(12-7)9(14)15;/h5H,3-4H2,1-2H3,(H,14,15);1H. The average Bonchev–Trinajstić information content (AvgIpc) is 2.16. The summed E-state index contributed by atoms with van der Waals surface area (Å²) in [4.78, 5) is 20.5. The number of hydrogen-bond acceptors (Lipinski definition) is 4. The molecule has 1 heterocycles. The molecular weight excluding hydrogens is 253 g/mol. The number of aromatic carboxylic acids is 1. The topological polar surface area (TPSA) is 66.3 Å². The molecule has 0 amide bonds. The number of carbonyl (C=O) groups is 1. The normalized spacial score (nSPS) is 10.0. The highest BCUT2D eigenvalue weighted by Gasteiger charge is 2.12. The predicted octanol–water partition coefficient (Wildman–Crippen LogP) is 1.35. The van der Waals surface area contributed by atoms with Crippen LogP contribution in [0.15, 0.2) is 6.20 Å². The van der Waals surface area contributed by atoms with Crippen molar-refractivity contribution in [1.29, 1.82) is 0 Å². The molecule has 0 aliphatic heterocycles. The lowest BCUT2D eigenvalue weighted by molar-refractivity contribution is 0.0690. The third-order valence-corrected chi connectivity index (χ3v) is 2.06. The Morgan fingerprint density at radius 3 is 2.69 bits per heavy atom. The molecule has 16 heavy (non-hydrogen) atoms. The van der Waals surface area contributed by atoms with Crippen LogP contribution in [0.1, 0.15) is 16.3 Å². The summed E-state index contributed by atoms with van der Waals surface area (Å²) in [5.41, 5.74) is -0.138. The van der Waals surface area contributed by atoms with Gasteiger partial charge < -0.3 is 10.0 Å². The van der Waals surface area contributed by atoms with Gasteiger partial charge in [-0.2, -0.15) is 0 Å². The van der Waals surface area contributed by atoms with Crippen molar-refractivity contribution in [3.63, 3.8) is 0 Å². The largest absolute Gasteiger partial charge is 0.476 e. The molecule has 0 spiro atoms. The van der Waals surface area contributed by atoms with Crippen LogP contribution in [0.2, 0.25) is 5.02 Å². The van der Waals surface area contributed by atoms with Gasteiger partial charge in [-0.15, -0.1) is 12.4 Å². The molecule has 0 aromatic carbocycles. The fourth-order valence-electron chi connectivity index (χ4n) is 0.998. The summed E-state index contributed by atoms with van der Waals surface area (Å²) < 4.78 is 0. The SMILES string of the molecule is CN(C)CCc1ncc(Cl)c(C(=O)O)n1.Cl. The summed E-state index contributed by atoms with van der Waals surface area (Å²) in [5.74, 6) is -0.640. The lowest BCUT2D eigenvalue weighted by atomic mass is 10.3. The molecular formula is C9H13Cl2N3O2. The molecule has 1 aromatic heterocycles. The Hall–Kier alpha value is -0.910. The van der Waals surface area contributed by atoms with Gasteiger partial charge in [-0.05, 0) is 14.1 Å². The van der Waals surface area contributed by atoms with Crippen LogP contribution in [0.5, 0.6) is 0 Å². The van der Waals surface area contributed by atoms with Crippen molar-refractivity contribution in [2.75, 3.05) is 20.6 Å². The second-order valence-electron chi connectivity index (χ2n) is 3.34. The summed E-state index contributed by atoms with van der Waals surface area (Å²) >= 11 is 5.64. The molecule has 0 aliphatic carbocycles. The van der Waals surface area contributed by atoms with Crippen molar-refractivity contribution >= 4 is 30.0 Å². The highest BCUT2D eigenvalue weighted by molar-refractivity contribution is 6.33. The molecule has 1 aromatic rings. The van der Waals surface area contributed by atoms with E-state index in [9.17, 15) is 4.79 Å². The minimum atomic E-state index is -1.13. The van der Waals surface area contributed by atoms with Crippen LogP contribution in [0, 0.1) is 0 Å². The molecule has 90 valence electrons. The van der Waals surface area contributed by atoms with Gasteiger partial charge in [0.15, 0.2) is 5.69 Å². The van der Waals surface area contributed by atoms with Crippen molar-refractivity contribution in [2.45, 2.75) is 6.42 Å². The Kier molecular flexibility index (Phi) is 6.25. The molecule has 0 atom stereocenters. The summed E-state index contributed by atoms with van der Waals surface area (Å²) in [5, 5.41) is 8.85. The van der Waals surface area contributed by atoms with E-state index in [1.165, 1.54) is 6.20 Å². The fourth-order valence-corrected chi connectivity index (χ4v) is 1.17. The van der Waals surface area contributed by atoms with E-state index in [2.05, 4.69) is 9.97 Å². The van der Waals surface area contributed by atoms with Gasteiger partial charge in [0.2, 0.25) is 0 Å². The highest BCUT2D eigenvalue weighted by atomic mass is 35.5. The lowest BCUT2D eigenvalue weighted by Gasteiger charge is -2.08. The summed E-state index contributed by atoms with van der Waals surface area (Å²) in [7, 11) is 3.85. The molecule has 0 saturated heterocycles. The zero-order valence-electron chi connectivity index (χ0n) is 8.97. The van der Waals surface area contributed by atoms with E-state index in [4.69, 9.17) is 16.7 Å². The molecule has 0 bridgehead atoms. The third kappa shape index (κ3) is 4.30. The zero-order valence-corrected chi connectivity index (χ0v) is 10.5. The molecule has 5 nitrogen and oxygen atoms in total.